The largest absolute Gasteiger partial charge is 0.355 e. The molecule has 2 rings (SSSR count). The van der Waals surface area contributed by atoms with E-state index >= 15 is 0 Å². The third kappa shape index (κ3) is 3.14. The van der Waals surface area contributed by atoms with Crippen LogP contribution in [0.1, 0.15) is 5.56 Å². The van der Waals surface area contributed by atoms with Gasteiger partial charge in [0, 0.05) is 22.2 Å². The van der Waals surface area contributed by atoms with Crippen molar-refractivity contribution in [1.82, 2.24) is 0 Å². The van der Waals surface area contributed by atoms with Crippen LogP contribution in [0.2, 0.25) is 0 Å². The minimum atomic E-state index is -3.59. The van der Waals surface area contributed by atoms with Crippen LogP contribution in [0.15, 0.2) is 59.3 Å². The number of halogens is 3. The third-order valence-electron chi connectivity index (χ3n) is 2.44. The molecule has 1 heterocycles. The van der Waals surface area contributed by atoms with E-state index in [-0.39, 0.29) is 5.56 Å². The van der Waals surface area contributed by atoms with Gasteiger partial charge in [0.05, 0.1) is 0 Å². The first-order chi connectivity index (χ1) is 9.00. The standard InChI is InChI=1S/C13H9BrF2N2O/c14-11-6-4-10(5-7-11)13(15,16)12(19)17-18-8-2-1-3-9-18/h1-9H/p+1. The summed E-state index contributed by atoms with van der Waals surface area (Å²) in [6, 6.07) is 10.3. The molecule has 19 heavy (non-hydrogen) atoms. The number of carbonyl (C=O) groups excluding carboxylic acids is 1. The van der Waals surface area contributed by atoms with Gasteiger partial charge in [-0.2, -0.15) is 8.78 Å². The summed E-state index contributed by atoms with van der Waals surface area (Å²) in [6.07, 6.45) is 2.94. The Bertz CT molecular complexity index is 573. The highest BCUT2D eigenvalue weighted by Crippen LogP contribution is 2.29. The van der Waals surface area contributed by atoms with Gasteiger partial charge in [-0.05, 0) is 12.1 Å². The van der Waals surface area contributed by atoms with Crippen molar-refractivity contribution >= 4 is 21.8 Å². The Morgan fingerprint density at radius 3 is 2.26 bits per heavy atom. The van der Waals surface area contributed by atoms with Crippen molar-refractivity contribution in [3.8, 4) is 0 Å². The normalized spacial score (nSPS) is 11.1. The number of hydrogen-bond donors (Lipinski definition) is 1. The monoisotopic (exact) mass is 327 g/mol. The molecule has 6 heteroatoms. The van der Waals surface area contributed by atoms with E-state index in [1.165, 1.54) is 41.3 Å². The lowest BCUT2D eigenvalue weighted by Gasteiger charge is -2.13. The molecule has 1 amide bonds. The maximum Gasteiger partial charge on any atom is 0.355 e. The summed E-state index contributed by atoms with van der Waals surface area (Å²) in [6.45, 7) is 0. The van der Waals surface area contributed by atoms with Gasteiger partial charge in [-0.25, -0.2) is 0 Å². The first kappa shape index (κ1) is 13.6. The van der Waals surface area contributed by atoms with Gasteiger partial charge in [-0.15, -0.1) is 5.43 Å². The lowest BCUT2D eigenvalue weighted by Crippen LogP contribution is -2.52. The molecule has 0 aliphatic heterocycles. The minimum absolute atomic E-state index is 0.357. The highest BCUT2D eigenvalue weighted by molar-refractivity contribution is 9.10. The molecule has 1 aromatic carbocycles. The quantitative estimate of drug-likeness (QED) is 0.864. The number of carbonyl (C=O) groups is 1. The zero-order valence-electron chi connectivity index (χ0n) is 9.69. The van der Waals surface area contributed by atoms with Gasteiger partial charge in [0.1, 0.15) is 0 Å². The molecule has 0 saturated heterocycles. The highest BCUT2D eigenvalue weighted by Gasteiger charge is 2.42. The lowest BCUT2D eigenvalue weighted by molar-refractivity contribution is -0.643. The molecule has 1 N–H and O–H groups in total. The summed E-state index contributed by atoms with van der Waals surface area (Å²) < 4.78 is 29.7. The molecule has 0 saturated carbocycles. The van der Waals surface area contributed by atoms with Crippen LogP contribution in [0.3, 0.4) is 0 Å². The number of nitrogens with one attached hydrogen (secondary N) is 1. The number of nitrogens with zero attached hydrogens (tertiary/aromatic N) is 1. The Kier molecular flexibility index (Phi) is 3.90. The van der Waals surface area contributed by atoms with E-state index in [0.29, 0.717) is 4.47 Å². The molecule has 0 spiro atoms. The summed E-state index contributed by atoms with van der Waals surface area (Å²) in [4.78, 5) is 11.6. The summed E-state index contributed by atoms with van der Waals surface area (Å²) >= 11 is 3.15. The van der Waals surface area contributed by atoms with Gasteiger partial charge in [-0.1, -0.05) is 38.8 Å². The van der Waals surface area contributed by atoms with Crippen molar-refractivity contribution in [3.63, 3.8) is 0 Å². The summed E-state index contributed by atoms with van der Waals surface area (Å²) in [5.41, 5.74) is 1.75. The van der Waals surface area contributed by atoms with Gasteiger partial charge in [0.2, 0.25) is 0 Å². The number of aromatic nitrogens is 1. The number of rotatable bonds is 3. The summed E-state index contributed by atoms with van der Waals surface area (Å²) in [5, 5.41) is 0. The van der Waals surface area contributed by atoms with E-state index in [9.17, 15) is 13.6 Å². The third-order valence-corrected chi connectivity index (χ3v) is 2.97. The molecule has 0 aliphatic rings. The lowest BCUT2D eigenvalue weighted by atomic mass is 10.1. The van der Waals surface area contributed by atoms with Crippen molar-refractivity contribution in [1.29, 1.82) is 0 Å². The molecule has 0 fully saturated rings. The van der Waals surface area contributed by atoms with Gasteiger partial charge in [0.25, 0.3) is 0 Å². The molecule has 3 nitrogen and oxygen atoms in total. The Hall–Kier alpha value is -1.82. The highest BCUT2D eigenvalue weighted by atomic mass is 79.9. The van der Waals surface area contributed by atoms with Gasteiger partial charge < -0.3 is 0 Å². The Morgan fingerprint density at radius 1 is 1.11 bits per heavy atom. The summed E-state index contributed by atoms with van der Waals surface area (Å²) in [5.74, 6) is -4.98. The molecule has 0 radical (unpaired) electrons. The summed E-state index contributed by atoms with van der Waals surface area (Å²) in [7, 11) is 0. The molecule has 1 aromatic heterocycles. The topological polar surface area (TPSA) is 33.0 Å². The van der Waals surface area contributed by atoms with Crippen LogP contribution in [0, 0.1) is 0 Å². The fraction of sp³-hybridized carbons (Fsp3) is 0.0769. The van der Waals surface area contributed by atoms with Gasteiger partial charge in [-0.3, -0.25) is 4.79 Å². The number of pyridine rings is 1. The van der Waals surface area contributed by atoms with Crippen LogP contribution in [0.25, 0.3) is 0 Å². The predicted octanol–water partition coefficient (Wildman–Crippen LogP) is 2.60. The second kappa shape index (κ2) is 5.44. The number of benzene rings is 1. The predicted molar refractivity (Wildman–Crippen MR) is 69.0 cm³/mol. The van der Waals surface area contributed by atoms with Crippen molar-refractivity contribution < 1.29 is 18.3 Å². The molecule has 0 unspecified atom stereocenters. The molecule has 0 aliphatic carbocycles. The first-order valence-corrected chi connectivity index (χ1v) is 6.21. The second-order valence-corrected chi connectivity index (χ2v) is 4.72. The molecule has 0 bridgehead atoms. The average Bonchev–Trinajstić information content (AvgIpc) is 2.40. The van der Waals surface area contributed by atoms with Crippen LogP contribution in [0.4, 0.5) is 8.78 Å². The van der Waals surface area contributed by atoms with E-state index in [1.54, 1.807) is 18.2 Å². The van der Waals surface area contributed by atoms with E-state index in [4.69, 9.17) is 0 Å². The average molecular weight is 328 g/mol. The fourth-order valence-electron chi connectivity index (χ4n) is 1.45. The second-order valence-electron chi connectivity index (χ2n) is 3.80. The van der Waals surface area contributed by atoms with E-state index < -0.39 is 11.8 Å². The maximum absolute atomic E-state index is 13.9. The minimum Gasteiger partial charge on any atom is -0.262 e. The molecule has 2 aromatic rings. The SMILES string of the molecule is O=C(N[n+]1ccccc1)C(F)(F)c1ccc(Br)cc1. The van der Waals surface area contributed by atoms with Crippen molar-refractivity contribution in [2.45, 2.75) is 5.92 Å². The van der Waals surface area contributed by atoms with Crippen LogP contribution in [0.5, 0.6) is 0 Å². The fourth-order valence-corrected chi connectivity index (χ4v) is 1.72. The van der Waals surface area contributed by atoms with E-state index in [2.05, 4.69) is 21.4 Å². The van der Waals surface area contributed by atoms with Crippen LogP contribution < -0.4 is 10.1 Å². The van der Waals surface area contributed by atoms with Gasteiger partial charge in [0.15, 0.2) is 12.4 Å². The van der Waals surface area contributed by atoms with E-state index in [0.717, 1.165) is 0 Å². The van der Waals surface area contributed by atoms with Gasteiger partial charge >= 0.3 is 11.8 Å². The molecule has 0 atom stereocenters. The van der Waals surface area contributed by atoms with Crippen molar-refractivity contribution in [3.05, 3.63) is 64.9 Å². The zero-order chi connectivity index (χ0) is 13.9. The Morgan fingerprint density at radius 2 is 1.68 bits per heavy atom. The van der Waals surface area contributed by atoms with E-state index in [1.807, 2.05) is 0 Å². The van der Waals surface area contributed by atoms with Crippen LogP contribution >= 0.6 is 15.9 Å². The van der Waals surface area contributed by atoms with Crippen molar-refractivity contribution in [2.24, 2.45) is 0 Å². The number of amides is 1. The molecule has 98 valence electrons. The maximum atomic E-state index is 13.9. The Balaban J connectivity index is 2.19. The Labute approximate surface area is 117 Å². The van der Waals surface area contributed by atoms with Crippen molar-refractivity contribution in [2.75, 3.05) is 5.43 Å². The smallest absolute Gasteiger partial charge is 0.262 e. The van der Waals surface area contributed by atoms with Crippen LogP contribution in [-0.4, -0.2) is 5.91 Å². The first-order valence-electron chi connectivity index (χ1n) is 5.42. The zero-order valence-corrected chi connectivity index (χ0v) is 11.3. The number of alkyl halides is 2. The molecular formula is C13H10BrF2N2O+. The molecular weight excluding hydrogens is 318 g/mol. The van der Waals surface area contributed by atoms with Crippen LogP contribution in [-0.2, 0) is 10.7 Å². The number of hydrogen-bond acceptors (Lipinski definition) is 1.